The number of para-hydroxylation sites is 1. The van der Waals surface area contributed by atoms with Crippen LogP contribution in [0.15, 0.2) is 78.4 Å². The summed E-state index contributed by atoms with van der Waals surface area (Å²) in [5.41, 5.74) is 4.41. The van der Waals surface area contributed by atoms with Gasteiger partial charge < -0.3 is 4.90 Å². The number of urea groups is 1. The molecule has 6 nitrogen and oxygen atoms in total. The highest BCUT2D eigenvalue weighted by Gasteiger charge is 2.37. The zero-order chi connectivity index (χ0) is 23.7. The van der Waals surface area contributed by atoms with Crippen molar-refractivity contribution < 1.29 is 14.4 Å². The van der Waals surface area contributed by atoms with Gasteiger partial charge in [-0.3, -0.25) is 14.9 Å². The minimum atomic E-state index is -0.817. The number of aryl methyl sites for hydroxylation is 1. The normalized spacial score (nSPS) is 17.1. The van der Waals surface area contributed by atoms with E-state index in [9.17, 15) is 14.4 Å². The molecule has 7 heteroatoms. The molecule has 0 aliphatic carbocycles. The monoisotopic (exact) mass is 471 g/mol. The zero-order valence-electron chi connectivity index (χ0n) is 18.3. The summed E-state index contributed by atoms with van der Waals surface area (Å²) in [5, 5.41) is 2.49. The Morgan fingerprint density at radius 3 is 2.47 bits per heavy atom. The van der Waals surface area contributed by atoms with Crippen LogP contribution in [0.3, 0.4) is 0 Å². The Morgan fingerprint density at radius 2 is 1.68 bits per heavy atom. The summed E-state index contributed by atoms with van der Waals surface area (Å²) in [7, 11) is 0. The first-order valence-electron chi connectivity index (χ1n) is 11.1. The number of nitrogens with one attached hydrogen (secondary N) is 1. The molecule has 4 amide bonds. The summed E-state index contributed by atoms with van der Waals surface area (Å²) in [6.45, 7) is 1.79. The van der Waals surface area contributed by atoms with Crippen molar-refractivity contribution in [3.63, 3.8) is 0 Å². The second-order valence-electron chi connectivity index (χ2n) is 8.31. The molecule has 0 radical (unpaired) electrons. The number of barbiturate groups is 1. The van der Waals surface area contributed by atoms with Gasteiger partial charge in [0.05, 0.1) is 10.7 Å². The van der Waals surface area contributed by atoms with Crippen molar-refractivity contribution >= 4 is 46.9 Å². The molecule has 0 saturated carbocycles. The Bertz CT molecular complexity index is 1320. The smallest absolute Gasteiger partial charge is 0.335 e. The van der Waals surface area contributed by atoms with Crippen LogP contribution in [0.4, 0.5) is 16.2 Å². The third-order valence-electron chi connectivity index (χ3n) is 6.04. The lowest BCUT2D eigenvalue weighted by molar-refractivity contribution is -0.122. The summed E-state index contributed by atoms with van der Waals surface area (Å²) in [6.07, 6.45) is 3.47. The fourth-order valence-corrected chi connectivity index (χ4v) is 4.65. The van der Waals surface area contributed by atoms with E-state index in [0.717, 1.165) is 42.1 Å². The SMILES string of the molecule is O=C1NC(=O)N(c2ccccc2Cl)C(=O)/C1=C/c1ccc2c(c1)CCCN2Cc1ccccc1. The zero-order valence-corrected chi connectivity index (χ0v) is 19.1. The Kier molecular flexibility index (Phi) is 5.90. The van der Waals surface area contributed by atoms with Gasteiger partial charge in [-0.05, 0) is 59.9 Å². The maximum atomic E-state index is 13.2. The molecule has 2 aliphatic rings. The van der Waals surface area contributed by atoms with Gasteiger partial charge in [-0.2, -0.15) is 0 Å². The third-order valence-corrected chi connectivity index (χ3v) is 6.36. The van der Waals surface area contributed by atoms with Crippen LogP contribution in [0, 0.1) is 0 Å². The van der Waals surface area contributed by atoms with Crippen molar-refractivity contribution in [3.05, 3.63) is 100 Å². The molecule has 3 aromatic rings. The lowest BCUT2D eigenvalue weighted by Crippen LogP contribution is -2.54. The van der Waals surface area contributed by atoms with Crippen LogP contribution in [0.2, 0.25) is 5.02 Å². The number of halogens is 1. The van der Waals surface area contributed by atoms with E-state index in [4.69, 9.17) is 11.6 Å². The minimum Gasteiger partial charge on any atom is -0.367 e. The molecular formula is C27H22ClN3O3. The number of hydrogen-bond acceptors (Lipinski definition) is 4. The number of hydrogen-bond donors (Lipinski definition) is 1. The van der Waals surface area contributed by atoms with E-state index in [0.29, 0.717) is 0 Å². The molecule has 0 atom stereocenters. The van der Waals surface area contributed by atoms with Gasteiger partial charge in [-0.25, -0.2) is 9.69 Å². The summed E-state index contributed by atoms with van der Waals surface area (Å²) >= 11 is 6.20. The predicted molar refractivity (Wildman–Crippen MR) is 133 cm³/mol. The molecule has 1 fully saturated rings. The lowest BCUT2D eigenvalue weighted by Gasteiger charge is -2.32. The van der Waals surface area contributed by atoms with Gasteiger partial charge in [0.25, 0.3) is 11.8 Å². The average Bonchev–Trinajstić information content (AvgIpc) is 2.83. The first-order chi connectivity index (χ1) is 16.5. The first kappa shape index (κ1) is 21.9. The quantitative estimate of drug-likeness (QED) is 0.431. The van der Waals surface area contributed by atoms with Crippen molar-refractivity contribution in [2.45, 2.75) is 19.4 Å². The molecule has 0 spiro atoms. The molecule has 0 aromatic heterocycles. The van der Waals surface area contributed by atoms with Crippen LogP contribution in [0.25, 0.3) is 6.08 Å². The number of imide groups is 2. The van der Waals surface area contributed by atoms with Crippen molar-refractivity contribution in [1.82, 2.24) is 5.32 Å². The van der Waals surface area contributed by atoms with Crippen LogP contribution in [0.1, 0.15) is 23.1 Å². The van der Waals surface area contributed by atoms with E-state index < -0.39 is 17.8 Å². The van der Waals surface area contributed by atoms with Crippen LogP contribution in [-0.2, 0) is 22.6 Å². The fraction of sp³-hybridized carbons (Fsp3) is 0.148. The van der Waals surface area contributed by atoms with Gasteiger partial charge in [0, 0.05) is 18.8 Å². The first-order valence-corrected chi connectivity index (χ1v) is 11.5. The highest BCUT2D eigenvalue weighted by atomic mass is 35.5. The van der Waals surface area contributed by atoms with Gasteiger partial charge in [-0.1, -0.05) is 60.1 Å². The molecule has 2 aliphatic heterocycles. The molecule has 0 unspecified atom stereocenters. The summed E-state index contributed by atoms with van der Waals surface area (Å²) < 4.78 is 0. The van der Waals surface area contributed by atoms with Crippen LogP contribution in [-0.4, -0.2) is 24.4 Å². The standard InChI is InChI=1S/C27H22ClN3O3/c28-22-10-4-5-11-24(22)31-26(33)21(25(32)29-27(31)34)16-19-12-13-23-20(15-19)9-6-14-30(23)17-18-7-2-1-3-8-18/h1-5,7-8,10-13,15-16H,6,9,14,17H2,(H,29,32,34)/b21-16+. The molecule has 3 aromatic carbocycles. The molecule has 1 N–H and O–H groups in total. The van der Waals surface area contributed by atoms with Crippen molar-refractivity contribution in [2.75, 3.05) is 16.3 Å². The number of amides is 4. The van der Waals surface area contributed by atoms with Gasteiger partial charge in [0.15, 0.2) is 0 Å². The Balaban J connectivity index is 1.45. The molecule has 0 bridgehead atoms. The second kappa shape index (κ2) is 9.15. The summed E-state index contributed by atoms with van der Waals surface area (Å²) in [6, 6.07) is 22.0. The number of benzene rings is 3. The fourth-order valence-electron chi connectivity index (χ4n) is 4.43. The largest absolute Gasteiger partial charge is 0.367 e. The number of rotatable bonds is 4. The Morgan fingerprint density at radius 1 is 0.912 bits per heavy atom. The number of nitrogens with zero attached hydrogens (tertiary/aromatic N) is 2. The maximum Gasteiger partial charge on any atom is 0.335 e. The van der Waals surface area contributed by atoms with Crippen LogP contribution < -0.4 is 15.1 Å². The molecule has 5 rings (SSSR count). The summed E-state index contributed by atoms with van der Waals surface area (Å²) in [4.78, 5) is 41.4. The predicted octanol–water partition coefficient (Wildman–Crippen LogP) is 4.96. The number of carbonyl (C=O) groups excluding carboxylic acids is 3. The minimum absolute atomic E-state index is 0.114. The van der Waals surface area contributed by atoms with Gasteiger partial charge >= 0.3 is 6.03 Å². The van der Waals surface area contributed by atoms with Crippen molar-refractivity contribution in [3.8, 4) is 0 Å². The third kappa shape index (κ3) is 4.20. The van der Waals surface area contributed by atoms with Crippen molar-refractivity contribution in [2.24, 2.45) is 0 Å². The van der Waals surface area contributed by atoms with Crippen LogP contribution >= 0.6 is 11.6 Å². The maximum absolute atomic E-state index is 13.2. The topological polar surface area (TPSA) is 69.7 Å². The van der Waals surface area contributed by atoms with E-state index in [1.807, 2.05) is 36.4 Å². The van der Waals surface area contributed by atoms with Crippen molar-refractivity contribution in [1.29, 1.82) is 0 Å². The molecule has 170 valence electrons. The second-order valence-corrected chi connectivity index (χ2v) is 8.72. The summed E-state index contributed by atoms with van der Waals surface area (Å²) in [5.74, 6) is -1.42. The molecule has 2 heterocycles. The highest BCUT2D eigenvalue weighted by Crippen LogP contribution is 2.32. The van der Waals surface area contributed by atoms with E-state index in [2.05, 4.69) is 22.3 Å². The molecular weight excluding hydrogens is 450 g/mol. The highest BCUT2D eigenvalue weighted by molar-refractivity contribution is 6.42. The Labute approximate surface area is 202 Å². The molecule has 34 heavy (non-hydrogen) atoms. The number of anilines is 2. The van der Waals surface area contributed by atoms with E-state index in [1.54, 1.807) is 24.3 Å². The number of fused-ring (bicyclic) bond motifs is 1. The van der Waals surface area contributed by atoms with E-state index >= 15 is 0 Å². The van der Waals surface area contributed by atoms with Crippen LogP contribution in [0.5, 0.6) is 0 Å². The van der Waals surface area contributed by atoms with Gasteiger partial charge in [0.1, 0.15) is 5.57 Å². The van der Waals surface area contributed by atoms with Gasteiger partial charge in [0.2, 0.25) is 0 Å². The Hall–Kier alpha value is -3.90. The lowest BCUT2D eigenvalue weighted by atomic mass is 9.97. The van der Waals surface area contributed by atoms with E-state index in [-0.39, 0.29) is 16.3 Å². The van der Waals surface area contributed by atoms with E-state index in [1.165, 1.54) is 17.2 Å². The van der Waals surface area contributed by atoms with Gasteiger partial charge in [-0.15, -0.1) is 0 Å². The average molecular weight is 472 g/mol. The number of carbonyl (C=O) groups is 3. The molecule has 1 saturated heterocycles.